The van der Waals surface area contributed by atoms with Gasteiger partial charge in [0.1, 0.15) is 0 Å². The molecule has 2 aromatic rings. The fraction of sp³-hybridized carbons (Fsp3) is 0.188. The SMILES string of the molecule is COC(=O)c1ccc(C)c(S(=O)(=O)Nc2ccccc2SC)c1. The highest BCUT2D eigenvalue weighted by Crippen LogP contribution is 2.28. The van der Waals surface area contributed by atoms with Gasteiger partial charge in [-0.15, -0.1) is 11.8 Å². The number of carbonyl (C=O) groups is 1. The van der Waals surface area contributed by atoms with Gasteiger partial charge in [-0.05, 0) is 43.0 Å². The van der Waals surface area contributed by atoms with Crippen LogP contribution in [0.1, 0.15) is 15.9 Å². The molecule has 0 aliphatic heterocycles. The standard InChI is InChI=1S/C16H17NO4S2/c1-11-8-9-12(16(18)21-2)10-15(11)23(19,20)17-13-6-4-5-7-14(13)22-3/h4-10,17H,1-3H3. The Bertz CT molecular complexity index is 832. The fourth-order valence-corrected chi connectivity index (χ4v) is 4.03. The average Bonchev–Trinajstić information content (AvgIpc) is 2.54. The number of hydrogen-bond donors (Lipinski definition) is 1. The van der Waals surface area contributed by atoms with Gasteiger partial charge in [-0.25, -0.2) is 13.2 Å². The number of para-hydroxylation sites is 1. The molecule has 5 nitrogen and oxygen atoms in total. The van der Waals surface area contributed by atoms with Crippen LogP contribution in [0.2, 0.25) is 0 Å². The molecule has 2 rings (SSSR count). The van der Waals surface area contributed by atoms with Crippen molar-refractivity contribution in [2.75, 3.05) is 18.1 Å². The Morgan fingerprint density at radius 3 is 2.52 bits per heavy atom. The molecule has 0 heterocycles. The third-order valence-corrected chi connectivity index (χ3v) is 5.55. The lowest BCUT2D eigenvalue weighted by Crippen LogP contribution is -2.16. The van der Waals surface area contributed by atoms with Crippen molar-refractivity contribution in [1.29, 1.82) is 0 Å². The van der Waals surface area contributed by atoms with Gasteiger partial charge in [0.15, 0.2) is 0 Å². The van der Waals surface area contributed by atoms with E-state index in [9.17, 15) is 13.2 Å². The Hall–Kier alpha value is -1.99. The maximum absolute atomic E-state index is 12.7. The predicted molar refractivity (Wildman–Crippen MR) is 91.6 cm³/mol. The molecule has 0 saturated heterocycles. The van der Waals surface area contributed by atoms with Crippen molar-refractivity contribution < 1.29 is 17.9 Å². The zero-order valence-electron chi connectivity index (χ0n) is 13.0. The van der Waals surface area contributed by atoms with E-state index in [4.69, 9.17) is 0 Å². The van der Waals surface area contributed by atoms with Gasteiger partial charge in [-0.2, -0.15) is 0 Å². The minimum atomic E-state index is -3.81. The molecular formula is C16H17NO4S2. The molecule has 0 fully saturated rings. The van der Waals surface area contributed by atoms with E-state index in [0.29, 0.717) is 11.3 Å². The summed E-state index contributed by atoms with van der Waals surface area (Å²) in [6.45, 7) is 1.68. The second kappa shape index (κ2) is 7.06. The fourth-order valence-electron chi connectivity index (χ4n) is 2.06. The van der Waals surface area contributed by atoms with Crippen LogP contribution in [0.25, 0.3) is 0 Å². The topological polar surface area (TPSA) is 72.5 Å². The van der Waals surface area contributed by atoms with E-state index in [0.717, 1.165) is 4.90 Å². The summed E-state index contributed by atoms with van der Waals surface area (Å²) in [4.78, 5) is 12.5. The van der Waals surface area contributed by atoms with Crippen molar-refractivity contribution in [2.24, 2.45) is 0 Å². The first-order valence-corrected chi connectivity index (χ1v) is 9.44. The number of rotatable bonds is 5. The monoisotopic (exact) mass is 351 g/mol. The summed E-state index contributed by atoms with van der Waals surface area (Å²) in [7, 11) is -2.56. The summed E-state index contributed by atoms with van der Waals surface area (Å²) >= 11 is 1.45. The van der Waals surface area contributed by atoms with Crippen LogP contribution in [-0.2, 0) is 14.8 Å². The van der Waals surface area contributed by atoms with Gasteiger partial charge in [-0.1, -0.05) is 18.2 Å². The smallest absolute Gasteiger partial charge is 0.337 e. The van der Waals surface area contributed by atoms with E-state index in [1.807, 2.05) is 18.4 Å². The first-order chi connectivity index (χ1) is 10.9. The minimum absolute atomic E-state index is 0.0521. The summed E-state index contributed by atoms with van der Waals surface area (Å²) in [6, 6.07) is 11.6. The molecule has 0 aromatic heterocycles. The summed E-state index contributed by atoms with van der Waals surface area (Å²) in [5.41, 5.74) is 1.24. The normalized spacial score (nSPS) is 11.1. The van der Waals surface area contributed by atoms with Gasteiger partial charge in [0.25, 0.3) is 10.0 Å². The van der Waals surface area contributed by atoms with Crippen LogP contribution in [0.3, 0.4) is 0 Å². The average molecular weight is 351 g/mol. The largest absolute Gasteiger partial charge is 0.465 e. The second-order valence-electron chi connectivity index (χ2n) is 4.78. The Morgan fingerprint density at radius 2 is 1.87 bits per heavy atom. The van der Waals surface area contributed by atoms with Crippen LogP contribution >= 0.6 is 11.8 Å². The number of methoxy groups -OCH3 is 1. The van der Waals surface area contributed by atoms with Crippen LogP contribution in [0.4, 0.5) is 5.69 Å². The number of hydrogen-bond acceptors (Lipinski definition) is 5. The van der Waals surface area contributed by atoms with Gasteiger partial charge in [0.2, 0.25) is 0 Å². The molecule has 23 heavy (non-hydrogen) atoms. The van der Waals surface area contributed by atoms with Crippen molar-refractivity contribution >= 4 is 33.4 Å². The molecule has 0 saturated carbocycles. The molecule has 7 heteroatoms. The number of nitrogens with one attached hydrogen (secondary N) is 1. The molecule has 2 aromatic carbocycles. The highest BCUT2D eigenvalue weighted by molar-refractivity contribution is 7.99. The molecule has 0 unspecified atom stereocenters. The number of carbonyl (C=O) groups excluding carboxylic acids is 1. The molecule has 0 aliphatic rings. The second-order valence-corrected chi connectivity index (χ2v) is 7.28. The molecule has 0 atom stereocenters. The lowest BCUT2D eigenvalue weighted by molar-refractivity contribution is 0.0600. The van der Waals surface area contributed by atoms with Crippen LogP contribution in [0.5, 0.6) is 0 Å². The van der Waals surface area contributed by atoms with E-state index in [2.05, 4.69) is 9.46 Å². The number of benzene rings is 2. The molecule has 122 valence electrons. The molecule has 0 amide bonds. The van der Waals surface area contributed by atoms with Crippen LogP contribution in [-0.4, -0.2) is 27.8 Å². The Balaban J connectivity index is 2.45. The Kier molecular flexibility index (Phi) is 5.33. The number of aryl methyl sites for hydroxylation is 1. The van der Waals surface area contributed by atoms with Gasteiger partial charge in [0, 0.05) is 4.90 Å². The maximum Gasteiger partial charge on any atom is 0.337 e. The van der Waals surface area contributed by atoms with Crippen molar-refractivity contribution in [1.82, 2.24) is 0 Å². The number of anilines is 1. The molecule has 0 aliphatic carbocycles. The maximum atomic E-state index is 12.7. The highest BCUT2D eigenvalue weighted by atomic mass is 32.2. The van der Waals surface area contributed by atoms with Gasteiger partial charge < -0.3 is 4.74 Å². The van der Waals surface area contributed by atoms with Crippen molar-refractivity contribution in [2.45, 2.75) is 16.7 Å². The molecule has 0 bridgehead atoms. The van der Waals surface area contributed by atoms with E-state index >= 15 is 0 Å². The van der Waals surface area contributed by atoms with Crippen molar-refractivity contribution in [3.05, 3.63) is 53.6 Å². The first kappa shape index (κ1) is 17.4. The quantitative estimate of drug-likeness (QED) is 0.661. The molecular weight excluding hydrogens is 334 g/mol. The third-order valence-electron chi connectivity index (χ3n) is 3.25. The van der Waals surface area contributed by atoms with Gasteiger partial charge in [0.05, 0.1) is 23.3 Å². The summed E-state index contributed by atoms with van der Waals surface area (Å²) in [6.07, 6.45) is 1.87. The zero-order valence-corrected chi connectivity index (χ0v) is 14.6. The van der Waals surface area contributed by atoms with E-state index in [1.165, 1.54) is 31.0 Å². The predicted octanol–water partition coefficient (Wildman–Crippen LogP) is 3.30. The van der Waals surface area contributed by atoms with Crippen molar-refractivity contribution in [3.63, 3.8) is 0 Å². The van der Waals surface area contributed by atoms with Crippen LogP contribution in [0, 0.1) is 6.92 Å². The van der Waals surface area contributed by atoms with Gasteiger partial charge >= 0.3 is 5.97 Å². The minimum Gasteiger partial charge on any atom is -0.465 e. The number of sulfonamides is 1. The number of esters is 1. The third kappa shape index (κ3) is 3.86. The van der Waals surface area contributed by atoms with E-state index in [1.54, 1.807) is 25.1 Å². The first-order valence-electron chi connectivity index (χ1n) is 6.74. The van der Waals surface area contributed by atoms with E-state index in [-0.39, 0.29) is 10.5 Å². The summed E-state index contributed by atoms with van der Waals surface area (Å²) < 4.78 is 32.6. The van der Waals surface area contributed by atoms with Crippen LogP contribution < -0.4 is 4.72 Å². The Labute approximate surface area is 140 Å². The zero-order chi connectivity index (χ0) is 17.0. The van der Waals surface area contributed by atoms with Crippen molar-refractivity contribution in [3.8, 4) is 0 Å². The Morgan fingerprint density at radius 1 is 1.17 bits per heavy atom. The summed E-state index contributed by atoms with van der Waals surface area (Å²) in [5, 5.41) is 0. The molecule has 1 N–H and O–H groups in total. The summed E-state index contributed by atoms with van der Waals surface area (Å²) in [5.74, 6) is -0.578. The molecule has 0 spiro atoms. The van der Waals surface area contributed by atoms with E-state index < -0.39 is 16.0 Å². The number of ether oxygens (including phenoxy) is 1. The highest BCUT2D eigenvalue weighted by Gasteiger charge is 2.20. The lowest BCUT2D eigenvalue weighted by Gasteiger charge is -2.13. The number of thioether (sulfide) groups is 1. The lowest BCUT2D eigenvalue weighted by atomic mass is 10.1. The molecule has 0 radical (unpaired) electrons. The van der Waals surface area contributed by atoms with Gasteiger partial charge in [-0.3, -0.25) is 4.72 Å². The van der Waals surface area contributed by atoms with Crippen LogP contribution in [0.15, 0.2) is 52.3 Å².